The van der Waals surface area contributed by atoms with Crippen molar-refractivity contribution in [3.63, 3.8) is 0 Å². The maximum absolute atomic E-state index is 11.6. The summed E-state index contributed by atoms with van der Waals surface area (Å²) in [5.74, 6) is 7.51. The van der Waals surface area contributed by atoms with E-state index in [1.807, 2.05) is 0 Å². The summed E-state index contributed by atoms with van der Waals surface area (Å²) in [5.41, 5.74) is 0.380. The van der Waals surface area contributed by atoms with Crippen molar-refractivity contribution in [2.75, 3.05) is 13.2 Å². The fourth-order valence-corrected chi connectivity index (χ4v) is 7.82. The van der Waals surface area contributed by atoms with Gasteiger partial charge in [0.1, 0.15) is 16.8 Å². The molecule has 0 aromatic carbocycles. The van der Waals surface area contributed by atoms with E-state index in [-0.39, 0.29) is 16.6 Å². The number of epoxide rings is 1. The third-order valence-electron chi connectivity index (χ3n) is 9.39. The molecule has 1 spiro atoms. The number of ether oxygens (including phenoxy) is 3. The first-order valence-corrected chi connectivity index (χ1v) is 11.7. The molecule has 4 heteroatoms. The first-order chi connectivity index (χ1) is 13.8. The number of hydrogen-bond acceptors (Lipinski definition) is 4. The molecule has 0 radical (unpaired) electrons. The predicted octanol–water partition coefficient (Wildman–Crippen LogP) is 3.97. The van der Waals surface area contributed by atoms with Crippen molar-refractivity contribution < 1.29 is 19.3 Å². The van der Waals surface area contributed by atoms with Gasteiger partial charge in [0.25, 0.3) is 0 Å². The van der Waals surface area contributed by atoms with Gasteiger partial charge in [0, 0.05) is 24.2 Å². The van der Waals surface area contributed by atoms with Crippen molar-refractivity contribution >= 4 is 0 Å². The summed E-state index contributed by atoms with van der Waals surface area (Å²) in [4.78, 5) is 0. The summed E-state index contributed by atoms with van der Waals surface area (Å²) >= 11 is 0. The molecular formula is C25H34O4. The minimum Gasteiger partial charge on any atom is -0.377 e. The molecule has 6 rings (SSSR count). The van der Waals surface area contributed by atoms with Crippen LogP contribution in [0.3, 0.4) is 0 Å². The van der Waals surface area contributed by atoms with E-state index in [4.69, 9.17) is 14.2 Å². The van der Waals surface area contributed by atoms with Gasteiger partial charge in [-0.15, -0.1) is 0 Å². The zero-order valence-electron chi connectivity index (χ0n) is 18.1. The Kier molecular flexibility index (Phi) is 3.70. The summed E-state index contributed by atoms with van der Waals surface area (Å²) in [5, 5.41) is 11.6. The molecule has 2 aliphatic heterocycles. The van der Waals surface area contributed by atoms with Crippen molar-refractivity contribution in [2.24, 2.45) is 23.2 Å². The monoisotopic (exact) mass is 398 g/mol. The van der Waals surface area contributed by atoms with Crippen LogP contribution in [0.1, 0.15) is 72.1 Å². The summed E-state index contributed by atoms with van der Waals surface area (Å²) in [6.45, 7) is 7.91. The summed E-state index contributed by atoms with van der Waals surface area (Å²) in [6, 6.07) is 0. The SMILES string of the molecule is CC(C)C#C[C@]1(O)CCC2C3CC[C@@]45CC6(CC[C@@]4(O5)C3=CC[C@@]21C)OCCO6. The number of fused-ring (bicyclic) bond motifs is 3. The molecule has 2 unspecified atom stereocenters. The Bertz CT molecular complexity index is 829. The van der Waals surface area contributed by atoms with E-state index in [2.05, 4.69) is 38.7 Å². The zero-order chi connectivity index (χ0) is 20.1. The predicted molar refractivity (Wildman–Crippen MR) is 109 cm³/mol. The maximum atomic E-state index is 11.6. The second kappa shape index (κ2) is 5.68. The Morgan fingerprint density at radius 3 is 2.66 bits per heavy atom. The van der Waals surface area contributed by atoms with Gasteiger partial charge in [-0.1, -0.05) is 38.7 Å². The lowest BCUT2D eigenvalue weighted by atomic mass is 9.53. The van der Waals surface area contributed by atoms with Gasteiger partial charge in [0.2, 0.25) is 0 Å². The molecule has 4 nitrogen and oxygen atoms in total. The van der Waals surface area contributed by atoms with Gasteiger partial charge < -0.3 is 19.3 Å². The first kappa shape index (κ1) is 18.9. The molecule has 4 aliphatic carbocycles. The Labute approximate surface area is 174 Å². The van der Waals surface area contributed by atoms with Crippen LogP contribution in [-0.2, 0) is 14.2 Å². The first-order valence-electron chi connectivity index (χ1n) is 11.7. The van der Waals surface area contributed by atoms with Crippen LogP contribution in [-0.4, -0.2) is 40.9 Å². The number of hydrogen-bond donors (Lipinski definition) is 1. The van der Waals surface area contributed by atoms with Crippen molar-refractivity contribution in [1.29, 1.82) is 0 Å². The summed E-state index contributed by atoms with van der Waals surface area (Å²) in [6.07, 6.45) is 10.3. The Morgan fingerprint density at radius 1 is 1.10 bits per heavy atom. The number of allylic oxidation sites excluding steroid dienone is 1. The van der Waals surface area contributed by atoms with Crippen LogP contribution in [0.25, 0.3) is 0 Å². The highest BCUT2D eigenvalue weighted by atomic mass is 16.7. The van der Waals surface area contributed by atoms with Crippen LogP contribution in [0.5, 0.6) is 0 Å². The van der Waals surface area contributed by atoms with Gasteiger partial charge in [-0.25, -0.2) is 0 Å². The van der Waals surface area contributed by atoms with Gasteiger partial charge >= 0.3 is 0 Å². The number of rotatable bonds is 0. The molecule has 6 aliphatic rings. The lowest BCUT2D eigenvalue weighted by Crippen LogP contribution is -2.53. The lowest BCUT2D eigenvalue weighted by Gasteiger charge is -2.51. The Morgan fingerprint density at radius 2 is 1.90 bits per heavy atom. The molecule has 1 N–H and O–H groups in total. The summed E-state index contributed by atoms with van der Waals surface area (Å²) < 4.78 is 18.8. The van der Waals surface area contributed by atoms with Gasteiger partial charge in [-0.2, -0.15) is 0 Å². The lowest BCUT2D eigenvalue weighted by molar-refractivity contribution is -0.185. The van der Waals surface area contributed by atoms with Crippen LogP contribution in [0, 0.1) is 35.0 Å². The standard InChI is InChI=1S/C25H34O4/c1-17(2)4-9-22(26)10-7-19-18-5-11-23-16-24(27-14-15-28-24)12-13-25(23,29-23)20(18)6-8-21(19,22)3/h6,17-19,26H,5,7-8,10-16H2,1-3H3/t18?,19?,21-,22-,23+,25+/m0/s1. The van der Waals surface area contributed by atoms with Gasteiger partial charge in [-0.05, 0) is 55.9 Å². The zero-order valence-corrected chi connectivity index (χ0v) is 18.1. The van der Waals surface area contributed by atoms with Crippen LogP contribution in [0.4, 0.5) is 0 Å². The number of aliphatic hydroxyl groups is 1. The molecule has 29 heavy (non-hydrogen) atoms. The largest absolute Gasteiger partial charge is 0.377 e. The average molecular weight is 399 g/mol. The molecule has 3 saturated carbocycles. The van der Waals surface area contributed by atoms with Gasteiger partial charge in [0.05, 0.1) is 13.2 Å². The second-order valence-electron chi connectivity index (χ2n) is 11.1. The minimum atomic E-state index is -0.858. The minimum absolute atomic E-state index is 0.0714. The Hall–Kier alpha value is -0.860. The molecule has 2 saturated heterocycles. The van der Waals surface area contributed by atoms with Crippen LogP contribution in [0.2, 0.25) is 0 Å². The molecule has 0 aromatic rings. The molecule has 2 heterocycles. The topological polar surface area (TPSA) is 51.2 Å². The molecule has 0 bridgehead atoms. The molecular weight excluding hydrogens is 364 g/mol. The van der Waals surface area contributed by atoms with Gasteiger partial charge in [0.15, 0.2) is 5.79 Å². The van der Waals surface area contributed by atoms with E-state index in [0.717, 1.165) is 51.4 Å². The van der Waals surface area contributed by atoms with E-state index in [1.54, 1.807) is 5.57 Å². The average Bonchev–Trinajstić information content (AvgIpc) is 3.03. The van der Waals surface area contributed by atoms with E-state index >= 15 is 0 Å². The van der Waals surface area contributed by atoms with E-state index in [9.17, 15) is 5.11 Å². The maximum Gasteiger partial charge on any atom is 0.171 e. The van der Waals surface area contributed by atoms with Crippen LogP contribution < -0.4 is 0 Å². The van der Waals surface area contributed by atoms with Crippen LogP contribution in [0.15, 0.2) is 11.6 Å². The fraction of sp³-hybridized carbons (Fsp3) is 0.840. The fourth-order valence-electron chi connectivity index (χ4n) is 7.82. The third-order valence-corrected chi connectivity index (χ3v) is 9.39. The van der Waals surface area contributed by atoms with E-state index in [0.29, 0.717) is 31.0 Å². The molecule has 158 valence electrons. The summed E-state index contributed by atoms with van der Waals surface area (Å²) in [7, 11) is 0. The van der Waals surface area contributed by atoms with E-state index < -0.39 is 11.4 Å². The highest BCUT2D eigenvalue weighted by molar-refractivity contribution is 5.44. The smallest absolute Gasteiger partial charge is 0.171 e. The molecule has 5 fully saturated rings. The molecule has 0 aromatic heterocycles. The van der Waals surface area contributed by atoms with Crippen molar-refractivity contribution in [2.45, 2.75) is 94.7 Å². The van der Waals surface area contributed by atoms with E-state index in [1.165, 1.54) is 0 Å². The second-order valence-corrected chi connectivity index (χ2v) is 11.1. The highest BCUT2D eigenvalue weighted by Crippen LogP contribution is 2.74. The Balaban J connectivity index is 1.32. The van der Waals surface area contributed by atoms with Crippen molar-refractivity contribution in [1.82, 2.24) is 0 Å². The molecule has 6 atom stereocenters. The highest BCUT2D eigenvalue weighted by Gasteiger charge is 2.79. The van der Waals surface area contributed by atoms with Gasteiger partial charge in [-0.3, -0.25) is 0 Å². The quantitative estimate of drug-likeness (QED) is 0.381. The van der Waals surface area contributed by atoms with Crippen LogP contribution >= 0.6 is 0 Å². The van der Waals surface area contributed by atoms with Crippen molar-refractivity contribution in [3.05, 3.63) is 11.6 Å². The normalized spacial score (nSPS) is 51.4. The van der Waals surface area contributed by atoms with Crippen molar-refractivity contribution in [3.8, 4) is 11.8 Å². The third kappa shape index (κ3) is 2.26. The molecule has 0 amide bonds.